The lowest BCUT2D eigenvalue weighted by molar-refractivity contribution is -0.141. The molecule has 7 nitrogen and oxygen atoms in total. The molecule has 0 amide bonds. The molecule has 3 atom stereocenters. The summed E-state index contributed by atoms with van der Waals surface area (Å²) in [7, 11) is 0. The lowest BCUT2D eigenvalue weighted by Crippen LogP contribution is -2.42. The third-order valence-electron chi connectivity index (χ3n) is 2.98. The van der Waals surface area contributed by atoms with Gasteiger partial charge < -0.3 is 20.7 Å². The number of nitrogen functional groups attached to an aromatic ring is 1. The maximum Gasteiger partial charge on any atom is 0.351 e. The van der Waals surface area contributed by atoms with Crippen LogP contribution >= 0.6 is 0 Å². The Morgan fingerprint density at radius 2 is 2.24 bits per heavy atom. The van der Waals surface area contributed by atoms with Crippen molar-refractivity contribution in [2.24, 2.45) is 0 Å². The first-order chi connectivity index (χ1) is 9.82. The van der Waals surface area contributed by atoms with E-state index in [1.165, 1.54) is 0 Å². The zero-order valence-electron chi connectivity index (χ0n) is 10.3. The molecule has 1 saturated heterocycles. The summed E-state index contributed by atoms with van der Waals surface area (Å²) in [6.45, 7) is -0.873. The number of aromatic nitrogens is 2. The molecule has 1 fully saturated rings. The van der Waals surface area contributed by atoms with Gasteiger partial charge in [-0.2, -0.15) is 13.8 Å². The summed E-state index contributed by atoms with van der Waals surface area (Å²) in [6, 6.07) is 0. The Morgan fingerprint density at radius 1 is 1.57 bits per heavy atom. The summed E-state index contributed by atoms with van der Waals surface area (Å²) in [5, 5.41) is 18.3. The van der Waals surface area contributed by atoms with Crippen LogP contribution in [-0.2, 0) is 4.74 Å². The highest BCUT2D eigenvalue weighted by molar-refractivity contribution is 5.48. The van der Waals surface area contributed by atoms with Gasteiger partial charge >= 0.3 is 11.6 Å². The third kappa shape index (κ3) is 2.46. The predicted octanol–water partition coefficient (Wildman–Crippen LogP) is -1.01. The van der Waals surface area contributed by atoms with E-state index < -0.39 is 42.5 Å². The van der Waals surface area contributed by atoms with Gasteiger partial charge in [0.1, 0.15) is 18.1 Å². The summed E-state index contributed by atoms with van der Waals surface area (Å²) in [5.74, 6) is -2.44. The van der Waals surface area contributed by atoms with E-state index in [0.717, 1.165) is 12.4 Å². The largest absolute Gasteiger partial charge is 0.394 e. The zero-order chi connectivity index (χ0) is 15.8. The molecule has 0 radical (unpaired) electrons. The summed E-state index contributed by atoms with van der Waals surface area (Å²) in [6.07, 6.45) is -4.35. The molecule has 4 N–H and O–H groups in total. The molecular formula is C11H10F3N3O4. The monoisotopic (exact) mass is 305 g/mol. The number of halogens is 3. The molecule has 1 aromatic rings. The fourth-order valence-corrected chi connectivity index (χ4v) is 1.92. The average molecular weight is 305 g/mol. The van der Waals surface area contributed by atoms with E-state index in [-0.39, 0.29) is 5.56 Å². The number of hydrogen-bond donors (Lipinski definition) is 3. The minimum atomic E-state index is -3.87. The van der Waals surface area contributed by atoms with E-state index in [4.69, 9.17) is 15.6 Å². The predicted molar refractivity (Wildman–Crippen MR) is 62.8 cm³/mol. The number of nitrogens with zero attached hydrogens (tertiary/aromatic N) is 2. The first-order valence-electron chi connectivity index (χ1n) is 5.65. The van der Waals surface area contributed by atoms with Crippen LogP contribution in [0.3, 0.4) is 0 Å². The standard InChI is InChI=1S/C11H10F3N3O4/c12-2-1-5-3-17(10(20)16-8(5)15)9-11(13,14)7(19)6(4-18)21-9/h3,6-7,9,18-19H,4H2,(H2,15,16,20). The van der Waals surface area contributed by atoms with Crippen molar-refractivity contribution in [1.82, 2.24) is 9.55 Å². The zero-order valence-corrected chi connectivity index (χ0v) is 10.3. The minimum absolute atomic E-state index is 0.293. The first kappa shape index (κ1) is 15.3. The van der Waals surface area contributed by atoms with Crippen molar-refractivity contribution in [2.45, 2.75) is 24.4 Å². The maximum atomic E-state index is 13.9. The maximum absolute atomic E-state index is 13.9. The molecule has 1 aliphatic heterocycles. The van der Waals surface area contributed by atoms with Gasteiger partial charge in [-0.1, -0.05) is 0 Å². The van der Waals surface area contributed by atoms with Crippen molar-refractivity contribution < 1.29 is 28.1 Å². The Labute approximate surface area is 115 Å². The van der Waals surface area contributed by atoms with E-state index >= 15 is 0 Å². The normalized spacial score (nSPS) is 27.2. The van der Waals surface area contributed by atoms with Gasteiger partial charge in [0, 0.05) is 6.20 Å². The van der Waals surface area contributed by atoms with Crippen molar-refractivity contribution in [1.29, 1.82) is 0 Å². The highest BCUT2D eigenvalue weighted by atomic mass is 19.3. The Morgan fingerprint density at radius 3 is 2.76 bits per heavy atom. The van der Waals surface area contributed by atoms with E-state index in [9.17, 15) is 23.1 Å². The fourth-order valence-electron chi connectivity index (χ4n) is 1.92. The molecule has 1 aliphatic rings. The molecule has 1 aromatic heterocycles. The third-order valence-corrected chi connectivity index (χ3v) is 2.98. The van der Waals surface area contributed by atoms with Crippen LogP contribution in [0.1, 0.15) is 11.8 Å². The Balaban J connectivity index is 2.53. The highest BCUT2D eigenvalue weighted by Gasteiger charge is 2.59. The summed E-state index contributed by atoms with van der Waals surface area (Å²) in [5.41, 5.74) is 3.83. The molecule has 10 heteroatoms. The topological polar surface area (TPSA) is 111 Å². The number of aliphatic hydroxyl groups is 2. The number of hydrogen-bond acceptors (Lipinski definition) is 6. The molecule has 2 rings (SSSR count). The molecule has 2 heterocycles. The summed E-state index contributed by atoms with van der Waals surface area (Å²) < 4.78 is 44.9. The number of rotatable bonds is 2. The lowest BCUT2D eigenvalue weighted by atomic mass is 10.1. The second kappa shape index (κ2) is 5.36. The number of aliphatic hydroxyl groups excluding tert-OH is 2. The van der Waals surface area contributed by atoms with Crippen LogP contribution in [0.15, 0.2) is 11.0 Å². The molecule has 0 aromatic carbocycles. The summed E-state index contributed by atoms with van der Waals surface area (Å²) >= 11 is 0. The van der Waals surface area contributed by atoms with Crippen LogP contribution < -0.4 is 11.4 Å². The van der Waals surface area contributed by atoms with Crippen LogP contribution in [0.25, 0.3) is 0 Å². The van der Waals surface area contributed by atoms with Crippen molar-refractivity contribution in [3.05, 3.63) is 22.2 Å². The molecular weight excluding hydrogens is 295 g/mol. The molecule has 3 unspecified atom stereocenters. The van der Waals surface area contributed by atoms with Gasteiger partial charge in [-0.3, -0.25) is 4.57 Å². The van der Waals surface area contributed by atoms with Crippen LogP contribution in [0.2, 0.25) is 0 Å². The van der Waals surface area contributed by atoms with Crippen molar-refractivity contribution in [3.8, 4) is 12.1 Å². The van der Waals surface area contributed by atoms with Gasteiger partial charge in [0.25, 0.3) is 0 Å². The van der Waals surface area contributed by atoms with Gasteiger partial charge in [-0.15, -0.1) is 4.39 Å². The van der Waals surface area contributed by atoms with Gasteiger partial charge in [0.05, 0.1) is 12.2 Å². The molecule has 0 saturated carbocycles. The van der Waals surface area contributed by atoms with E-state index in [0.29, 0.717) is 4.57 Å². The number of alkyl halides is 2. The molecule has 0 bridgehead atoms. The number of nitrogens with two attached hydrogens (primary N) is 1. The SMILES string of the molecule is Nc1nc(=O)n(C2OC(CO)C(O)C2(F)F)cc1C#CF. The van der Waals surface area contributed by atoms with Crippen molar-refractivity contribution in [3.63, 3.8) is 0 Å². The lowest BCUT2D eigenvalue weighted by Gasteiger charge is -2.21. The first-order valence-corrected chi connectivity index (χ1v) is 5.65. The second-order valence-electron chi connectivity index (χ2n) is 4.28. The van der Waals surface area contributed by atoms with Gasteiger partial charge in [-0.25, -0.2) is 4.79 Å². The molecule has 0 spiro atoms. The molecule has 114 valence electrons. The molecule has 0 aliphatic carbocycles. The van der Waals surface area contributed by atoms with E-state index in [1.54, 1.807) is 0 Å². The number of anilines is 1. The van der Waals surface area contributed by atoms with Crippen molar-refractivity contribution in [2.75, 3.05) is 12.3 Å². The Hall–Kier alpha value is -2.09. The van der Waals surface area contributed by atoms with Gasteiger partial charge in [-0.05, 0) is 5.92 Å². The molecule has 21 heavy (non-hydrogen) atoms. The van der Waals surface area contributed by atoms with Crippen molar-refractivity contribution >= 4 is 5.82 Å². The van der Waals surface area contributed by atoms with Crippen LogP contribution in [0, 0.1) is 12.1 Å². The van der Waals surface area contributed by atoms with Crippen LogP contribution in [0.4, 0.5) is 19.0 Å². The van der Waals surface area contributed by atoms with Gasteiger partial charge in [0.15, 0.2) is 6.10 Å². The van der Waals surface area contributed by atoms with E-state index in [2.05, 4.69) is 4.98 Å². The average Bonchev–Trinajstić information content (AvgIpc) is 2.65. The smallest absolute Gasteiger partial charge is 0.351 e. The Bertz CT molecular complexity index is 667. The van der Waals surface area contributed by atoms with Gasteiger partial charge in [0.2, 0.25) is 6.23 Å². The second-order valence-corrected chi connectivity index (χ2v) is 4.28. The number of ether oxygens (including phenoxy) is 1. The fraction of sp³-hybridized carbons (Fsp3) is 0.455. The van der Waals surface area contributed by atoms with Crippen LogP contribution in [-0.4, -0.2) is 44.5 Å². The van der Waals surface area contributed by atoms with E-state index in [1.807, 2.05) is 5.92 Å². The Kier molecular flexibility index (Phi) is 3.91. The highest BCUT2D eigenvalue weighted by Crippen LogP contribution is 2.42. The minimum Gasteiger partial charge on any atom is -0.394 e. The quantitative estimate of drug-likeness (QED) is 0.604. The summed E-state index contributed by atoms with van der Waals surface area (Å²) in [4.78, 5) is 14.9. The van der Waals surface area contributed by atoms with Crippen LogP contribution in [0.5, 0.6) is 0 Å².